The highest BCUT2D eigenvalue weighted by atomic mass is 32.1. The Morgan fingerprint density at radius 3 is 2.30 bits per heavy atom. The zero-order chi connectivity index (χ0) is 14.5. The zero-order valence-corrected chi connectivity index (χ0v) is 11.2. The molecule has 2 aromatic rings. The van der Waals surface area contributed by atoms with Gasteiger partial charge in [0.1, 0.15) is 23.5 Å². The van der Waals surface area contributed by atoms with Gasteiger partial charge in [0.15, 0.2) is 0 Å². The van der Waals surface area contributed by atoms with E-state index >= 15 is 0 Å². The smallest absolute Gasteiger partial charge is 0.131 e. The average molecular weight is 278 g/mol. The minimum Gasteiger partial charge on any atom is -0.384 e. The van der Waals surface area contributed by atoms with Gasteiger partial charge >= 0.3 is 0 Å². The van der Waals surface area contributed by atoms with Crippen molar-refractivity contribution in [1.82, 2.24) is 0 Å². The predicted octanol–water partition coefficient (Wildman–Crippen LogP) is 3.13. The molecular formula is C15H10N4S. The summed E-state index contributed by atoms with van der Waals surface area (Å²) in [6, 6.07) is 14.9. The third-order valence-corrected chi connectivity index (χ3v) is 3.72. The van der Waals surface area contributed by atoms with Gasteiger partial charge in [0.05, 0.1) is 0 Å². The standard InChI is InChI=1S/C15H10N4S/c16-8-10(9-17)7-13-5-6-14(20-13)11-1-3-12(4-2-11)15(18)19/h1-7H,(H3,18,19). The van der Waals surface area contributed by atoms with E-state index in [-0.39, 0.29) is 11.4 Å². The van der Waals surface area contributed by atoms with Crippen LogP contribution < -0.4 is 5.73 Å². The molecule has 4 nitrogen and oxygen atoms in total. The summed E-state index contributed by atoms with van der Waals surface area (Å²) in [7, 11) is 0. The number of thiophene rings is 1. The molecule has 0 aliphatic carbocycles. The van der Waals surface area contributed by atoms with Gasteiger partial charge in [-0.25, -0.2) is 0 Å². The first kappa shape index (κ1) is 13.5. The van der Waals surface area contributed by atoms with Crippen molar-refractivity contribution in [3.63, 3.8) is 0 Å². The SMILES string of the molecule is N#CC(C#N)=Cc1ccc(-c2ccc(C(=N)N)cc2)s1. The van der Waals surface area contributed by atoms with E-state index in [0.29, 0.717) is 5.56 Å². The summed E-state index contributed by atoms with van der Waals surface area (Å²) in [5.41, 5.74) is 7.19. The number of benzene rings is 1. The summed E-state index contributed by atoms with van der Waals surface area (Å²) >= 11 is 1.50. The topological polar surface area (TPSA) is 97.5 Å². The van der Waals surface area contributed by atoms with Crippen molar-refractivity contribution >= 4 is 23.2 Å². The fourth-order valence-corrected chi connectivity index (χ4v) is 2.59. The summed E-state index contributed by atoms with van der Waals surface area (Å²) < 4.78 is 0. The molecule has 0 atom stereocenters. The van der Waals surface area contributed by atoms with E-state index in [1.54, 1.807) is 18.2 Å². The Hall–Kier alpha value is -2.89. The Balaban J connectivity index is 2.30. The lowest BCUT2D eigenvalue weighted by atomic mass is 10.1. The maximum Gasteiger partial charge on any atom is 0.131 e. The highest BCUT2D eigenvalue weighted by Gasteiger charge is 2.04. The molecule has 3 N–H and O–H groups in total. The molecule has 0 saturated carbocycles. The molecule has 0 unspecified atom stereocenters. The van der Waals surface area contributed by atoms with Crippen LogP contribution in [0.4, 0.5) is 0 Å². The molecule has 1 aromatic heterocycles. The van der Waals surface area contributed by atoms with Gasteiger partial charge in [0, 0.05) is 15.3 Å². The number of nitrogens with one attached hydrogen (secondary N) is 1. The number of nitrogens with zero attached hydrogens (tertiary/aromatic N) is 2. The Morgan fingerprint density at radius 1 is 1.10 bits per heavy atom. The lowest BCUT2D eigenvalue weighted by Gasteiger charge is -2.00. The van der Waals surface area contributed by atoms with Crippen molar-refractivity contribution in [2.45, 2.75) is 0 Å². The molecule has 0 bridgehead atoms. The van der Waals surface area contributed by atoms with Gasteiger partial charge in [-0.3, -0.25) is 5.41 Å². The molecule has 5 heteroatoms. The summed E-state index contributed by atoms with van der Waals surface area (Å²) in [5, 5.41) is 24.8. The fraction of sp³-hybridized carbons (Fsp3) is 0. The van der Waals surface area contributed by atoms with Crippen molar-refractivity contribution in [3.8, 4) is 22.6 Å². The van der Waals surface area contributed by atoms with Crippen LogP contribution in [0.1, 0.15) is 10.4 Å². The van der Waals surface area contributed by atoms with E-state index in [1.165, 1.54) is 11.3 Å². The predicted molar refractivity (Wildman–Crippen MR) is 80.0 cm³/mol. The van der Waals surface area contributed by atoms with Gasteiger partial charge in [0.25, 0.3) is 0 Å². The first-order chi connectivity index (χ1) is 9.63. The van der Waals surface area contributed by atoms with E-state index in [0.717, 1.165) is 15.3 Å². The molecule has 0 aliphatic heterocycles. The van der Waals surface area contributed by atoms with Gasteiger partial charge in [-0.05, 0) is 23.8 Å². The number of allylic oxidation sites excluding steroid dienone is 1. The molecule has 0 radical (unpaired) electrons. The molecule has 20 heavy (non-hydrogen) atoms. The van der Waals surface area contributed by atoms with E-state index in [2.05, 4.69) is 0 Å². The van der Waals surface area contributed by atoms with Crippen LogP contribution in [0.15, 0.2) is 42.0 Å². The maximum absolute atomic E-state index is 8.73. The van der Waals surface area contributed by atoms with E-state index < -0.39 is 0 Å². The third-order valence-electron chi connectivity index (χ3n) is 2.63. The van der Waals surface area contributed by atoms with Crippen LogP contribution in [0, 0.1) is 28.1 Å². The van der Waals surface area contributed by atoms with E-state index in [4.69, 9.17) is 21.7 Å². The molecule has 2 rings (SSSR count). The number of rotatable bonds is 3. The number of nitrogens with two attached hydrogens (primary N) is 1. The normalized spacial score (nSPS) is 9.30. The molecule has 96 valence electrons. The number of hydrogen-bond donors (Lipinski definition) is 2. The van der Waals surface area contributed by atoms with Crippen LogP contribution in [-0.4, -0.2) is 5.84 Å². The largest absolute Gasteiger partial charge is 0.384 e. The highest BCUT2D eigenvalue weighted by Crippen LogP contribution is 2.29. The Labute approximate surface area is 120 Å². The summed E-state index contributed by atoms with van der Waals surface area (Å²) in [6.07, 6.45) is 1.57. The fourth-order valence-electron chi connectivity index (χ4n) is 1.63. The number of hydrogen-bond acceptors (Lipinski definition) is 4. The van der Waals surface area contributed by atoms with Crippen molar-refractivity contribution in [2.75, 3.05) is 0 Å². The van der Waals surface area contributed by atoms with Gasteiger partial charge in [0.2, 0.25) is 0 Å². The minimum atomic E-state index is 0.0408. The van der Waals surface area contributed by atoms with Gasteiger partial charge in [-0.15, -0.1) is 11.3 Å². The zero-order valence-electron chi connectivity index (χ0n) is 10.4. The lowest BCUT2D eigenvalue weighted by molar-refractivity contribution is 1.43. The average Bonchev–Trinajstić information content (AvgIpc) is 2.93. The number of nitriles is 2. The lowest BCUT2D eigenvalue weighted by Crippen LogP contribution is -2.10. The van der Waals surface area contributed by atoms with Crippen LogP contribution >= 0.6 is 11.3 Å². The molecule has 0 amide bonds. The van der Waals surface area contributed by atoms with Gasteiger partial charge in [-0.1, -0.05) is 24.3 Å². The number of nitrogen functional groups attached to an aromatic ring is 1. The second-order valence-corrected chi connectivity index (χ2v) is 5.09. The second-order valence-electron chi connectivity index (χ2n) is 3.97. The van der Waals surface area contributed by atoms with Gasteiger partial charge in [-0.2, -0.15) is 10.5 Å². The quantitative estimate of drug-likeness (QED) is 0.512. The first-order valence-electron chi connectivity index (χ1n) is 5.70. The Bertz CT molecular complexity index is 738. The van der Waals surface area contributed by atoms with Crippen LogP contribution in [0.3, 0.4) is 0 Å². The highest BCUT2D eigenvalue weighted by molar-refractivity contribution is 7.16. The Kier molecular flexibility index (Phi) is 3.95. The van der Waals surface area contributed by atoms with Crippen molar-refractivity contribution < 1.29 is 0 Å². The Morgan fingerprint density at radius 2 is 1.75 bits per heavy atom. The molecule has 1 heterocycles. The molecule has 0 aliphatic rings. The molecular weight excluding hydrogens is 268 g/mol. The van der Waals surface area contributed by atoms with Crippen LogP contribution in [-0.2, 0) is 0 Å². The summed E-state index contributed by atoms with van der Waals surface area (Å²) in [4.78, 5) is 1.88. The van der Waals surface area contributed by atoms with Crippen LogP contribution in [0.5, 0.6) is 0 Å². The second kappa shape index (κ2) is 5.83. The molecule has 0 saturated heterocycles. The minimum absolute atomic E-state index is 0.0408. The van der Waals surface area contributed by atoms with Crippen LogP contribution in [0.25, 0.3) is 16.5 Å². The first-order valence-corrected chi connectivity index (χ1v) is 6.52. The molecule has 0 spiro atoms. The third kappa shape index (κ3) is 2.92. The summed E-state index contributed by atoms with van der Waals surface area (Å²) in [5.74, 6) is 0.0408. The van der Waals surface area contributed by atoms with Crippen molar-refractivity contribution in [3.05, 3.63) is 52.4 Å². The van der Waals surface area contributed by atoms with Crippen LogP contribution in [0.2, 0.25) is 0 Å². The maximum atomic E-state index is 8.73. The van der Waals surface area contributed by atoms with Gasteiger partial charge < -0.3 is 5.73 Å². The monoisotopic (exact) mass is 278 g/mol. The van der Waals surface area contributed by atoms with Crippen molar-refractivity contribution in [2.24, 2.45) is 5.73 Å². The molecule has 1 aromatic carbocycles. The number of amidine groups is 1. The van der Waals surface area contributed by atoms with E-state index in [1.807, 2.05) is 36.4 Å². The molecule has 0 fully saturated rings. The van der Waals surface area contributed by atoms with E-state index in [9.17, 15) is 0 Å². The van der Waals surface area contributed by atoms with Crippen molar-refractivity contribution in [1.29, 1.82) is 15.9 Å². The summed E-state index contributed by atoms with van der Waals surface area (Å²) in [6.45, 7) is 0.